The second kappa shape index (κ2) is 8.75. The van der Waals surface area contributed by atoms with Crippen LogP contribution in [0.4, 0.5) is 0 Å². The SMILES string of the molecule is CCCCCCNC(=O)/C=C(\C)c1cc2c(C)coc2c(C)c1OC. The summed E-state index contributed by atoms with van der Waals surface area (Å²) in [6.45, 7) is 8.84. The standard InChI is InChI=1S/C21H29NO3/c1-6-7-8-9-10-22-19(23)11-14(2)17-12-18-15(3)13-25-21(18)16(4)20(17)24-5/h11-13H,6-10H2,1-5H3,(H,22,23)/b14-11+. The Kier molecular flexibility index (Phi) is 6.68. The molecule has 1 N–H and O–H groups in total. The molecule has 1 heterocycles. The highest BCUT2D eigenvalue weighted by Crippen LogP contribution is 2.37. The molecule has 4 heteroatoms. The summed E-state index contributed by atoms with van der Waals surface area (Å²) >= 11 is 0. The first-order valence-electron chi connectivity index (χ1n) is 9.01. The first kappa shape index (κ1) is 19.1. The number of benzene rings is 1. The van der Waals surface area contributed by atoms with Gasteiger partial charge >= 0.3 is 0 Å². The Bertz CT molecular complexity index is 771. The van der Waals surface area contributed by atoms with E-state index < -0.39 is 0 Å². The van der Waals surface area contributed by atoms with Gasteiger partial charge in [-0.05, 0) is 44.4 Å². The molecule has 2 rings (SSSR count). The van der Waals surface area contributed by atoms with Gasteiger partial charge in [0.2, 0.25) is 5.91 Å². The first-order chi connectivity index (χ1) is 12.0. The van der Waals surface area contributed by atoms with Crippen LogP contribution in [0.1, 0.15) is 56.2 Å². The molecule has 0 bridgehead atoms. The van der Waals surface area contributed by atoms with Gasteiger partial charge in [-0.15, -0.1) is 0 Å². The van der Waals surface area contributed by atoms with Crippen molar-refractivity contribution in [3.8, 4) is 5.75 Å². The molecule has 0 fully saturated rings. The van der Waals surface area contributed by atoms with Crippen molar-refractivity contribution in [2.24, 2.45) is 0 Å². The zero-order valence-corrected chi connectivity index (χ0v) is 16.0. The van der Waals surface area contributed by atoms with Gasteiger partial charge in [0.05, 0.1) is 13.4 Å². The second-order valence-corrected chi connectivity index (χ2v) is 6.56. The number of rotatable bonds is 8. The van der Waals surface area contributed by atoms with Crippen molar-refractivity contribution in [3.63, 3.8) is 0 Å². The molecule has 0 atom stereocenters. The summed E-state index contributed by atoms with van der Waals surface area (Å²) < 4.78 is 11.2. The highest BCUT2D eigenvalue weighted by Gasteiger charge is 2.16. The van der Waals surface area contributed by atoms with Gasteiger partial charge in [-0.3, -0.25) is 4.79 Å². The van der Waals surface area contributed by atoms with Gasteiger partial charge in [0.25, 0.3) is 0 Å². The average molecular weight is 343 g/mol. The Labute approximate surface area is 150 Å². The predicted octanol–water partition coefficient (Wildman–Crippen LogP) is 5.16. The van der Waals surface area contributed by atoms with E-state index in [1.165, 1.54) is 12.8 Å². The highest BCUT2D eigenvalue weighted by atomic mass is 16.5. The maximum absolute atomic E-state index is 12.2. The molecule has 1 aromatic carbocycles. The minimum absolute atomic E-state index is 0.0577. The van der Waals surface area contributed by atoms with Gasteiger partial charge < -0.3 is 14.5 Å². The monoisotopic (exact) mass is 343 g/mol. The van der Waals surface area contributed by atoms with Crippen molar-refractivity contribution in [2.45, 2.75) is 53.4 Å². The number of furan rings is 1. The van der Waals surface area contributed by atoms with Crippen molar-refractivity contribution >= 4 is 22.4 Å². The third-order valence-corrected chi connectivity index (χ3v) is 4.54. The third-order valence-electron chi connectivity index (χ3n) is 4.54. The average Bonchev–Trinajstić information content (AvgIpc) is 2.96. The lowest BCUT2D eigenvalue weighted by molar-refractivity contribution is -0.116. The Morgan fingerprint density at radius 2 is 2.04 bits per heavy atom. The zero-order chi connectivity index (χ0) is 18.4. The normalized spacial score (nSPS) is 11.8. The summed E-state index contributed by atoms with van der Waals surface area (Å²) in [5.41, 5.74) is 4.68. The minimum atomic E-state index is -0.0577. The summed E-state index contributed by atoms with van der Waals surface area (Å²) in [6, 6.07) is 2.04. The van der Waals surface area contributed by atoms with Crippen LogP contribution in [0.2, 0.25) is 0 Å². The van der Waals surface area contributed by atoms with Gasteiger partial charge in [0, 0.05) is 29.1 Å². The summed E-state index contributed by atoms with van der Waals surface area (Å²) in [7, 11) is 1.65. The Morgan fingerprint density at radius 1 is 1.28 bits per heavy atom. The van der Waals surface area contributed by atoms with Crippen molar-refractivity contribution in [3.05, 3.63) is 35.1 Å². The van der Waals surface area contributed by atoms with Gasteiger partial charge in [0.15, 0.2) is 0 Å². The molecule has 0 spiro atoms. The molecule has 4 nitrogen and oxygen atoms in total. The van der Waals surface area contributed by atoms with Gasteiger partial charge in [0.1, 0.15) is 11.3 Å². The fourth-order valence-corrected chi connectivity index (χ4v) is 3.08. The van der Waals surface area contributed by atoms with Crippen LogP contribution in [0, 0.1) is 13.8 Å². The lowest BCUT2D eigenvalue weighted by atomic mass is 9.98. The number of methoxy groups -OCH3 is 1. The molecule has 0 aliphatic rings. The number of hydrogen-bond donors (Lipinski definition) is 1. The molecule has 0 radical (unpaired) electrons. The molecular weight excluding hydrogens is 314 g/mol. The lowest BCUT2D eigenvalue weighted by Crippen LogP contribution is -2.22. The number of carbonyl (C=O) groups is 1. The molecule has 0 aliphatic heterocycles. The van der Waals surface area contributed by atoms with Crippen molar-refractivity contribution in [1.29, 1.82) is 0 Å². The fraction of sp³-hybridized carbons (Fsp3) is 0.476. The van der Waals surface area contributed by atoms with E-state index in [2.05, 4.69) is 12.2 Å². The van der Waals surface area contributed by atoms with Crippen LogP contribution in [-0.2, 0) is 4.79 Å². The van der Waals surface area contributed by atoms with Gasteiger partial charge in [-0.25, -0.2) is 0 Å². The van der Waals surface area contributed by atoms with E-state index in [-0.39, 0.29) is 5.91 Å². The van der Waals surface area contributed by atoms with E-state index in [0.29, 0.717) is 0 Å². The highest BCUT2D eigenvalue weighted by molar-refractivity contribution is 5.98. The smallest absolute Gasteiger partial charge is 0.244 e. The van der Waals surface area contributed by atoms with Crippen molar-refractivity contribution < 1.29 is 13.9 Å². The Hall–Kier alpha value is -2.23. The number of hydrogen-bond acceptors (Lipinski definition) is 3. The van der Waals surface area contributed by atoms with Crippen LogP contribution in [0.5, 0.6) is 5.75 Å². The molecule has 0 saturated carbocycles. The quantitative estimate of drug-likeness (QED) is 0.532. The van der Waals surface area contributed by atoms with E-state index in [0.717, 1.165) is 58.4 Å². The van der Waals surface area contributed by atoms with Crippen LogP contribution < -0.4 is 10.1 Å². The van der Waals surface area contributed by atoms with Gasteiger partial charge in [-0.2, -0.15) is 0 Å². The molecule has 0 aliphatic carbocycles. The van der Waals surface area contributed by atoms with Crippen LogP contribution in [0.3, 0.4) is 0 Å². The predicted molar refractivity (Wildman–Crippen MR) is 103 cm³/mol. The minimum Gasteiger partial charge on any atom is -0.496 e. The summed E-state index contributed by atoms with van der Waals surface area (Å²) in [5, 5.41) is 4.02. The summed E-state index contributed by atoms with van der Waals surface area (Å²) in [5.74, 6) is 0.698. The van der Waals surface area contributed by atoms with Crippen molar-refractivity contribution in [1.82, 2.24) is 5.32 Å². The maximum atomic E-state index is 12.2. The first-order valence-corrected chi connectivity index (χ1v) is 9.01. The summed E-state index contributed by atoms with van der Waals surface area (Å²) in [4.78, 5) is 12.2. The molecule has 0 saturated heterocycles. The Morgan fingerprint density at radius 3 is 2.72 bits per heavy atom. The molecule has 1 amide bonds. The molecule has 0 unspecified atom stereocenters. The zero-order valence-electron chi connectivity index (χ0n) is 16.0. The van der Waals surface area contributed by atoms with Crippen LogP contribution >= 0.6 is 0 Å². The van der Waals surface area contributed by atoms with Crippen LogP contribution in [-0.4, -0.2) is 19.6 Å². The number of ether oxygens (including phenoxy) is 1. The third kappa shape index (κ3) is 4.44. The number of allylic oxidation sites excluding steroid dienone is 1. The molecule has 136 valence electrons. The fourth-order valence-electron chi connectivity index (χ4n) is 3.08. The number of unbranched alkanes of at least 4 members (excludes halogenated alkanes) is 3. The van der Waals surface area contributed by atoms with Crippen molar-refractivity contribution in [2.75, 3.05) is 13.7 Å². The van der Waals surface area contributed by atoms with E-state index in [1.807, 2.05) is 26.8 Å². The number of fused-ring (bicyclic) bond motifs is 1. The molecule has 25 heavy (non-hydrogen) atoms. The number of amides is 1. The number of nitrogens with one attached hydrogen (secondary N) is 1. The van der Waals surface area contributed by atoms with E-state index in [1.54, 1.807) is 19.4 Å². The number of aryl methyl sites for hydroxylation is 2. The van der Waals surface area contributed by atoms with E-state index >= 15 is 0 Å². The Balaban J connectivity index is 2.21. The molecule has 1 aromatic heterocycles. The largest absolute Gasteiger partial charge is 0.496 e. The molecular formula is C21H29NO3. The summed E-state index contributed by atoms with van der Waals surface area (Å²) in [6.07, 6.45) is 7.99. The second-order valence-electron chi connectivity index (χ2n) is 6.56. The lowest BCUT2D eigenvalue weighted by Gasteiger charge is -2.13. The van der Waals surface area contributed by atoms with Crippen LogP contribution in [0.25, 0.3) is 16.5 Å². The maximum Gasteiger partial charge on any atom is 0.244 e. The van der Waals surface area contributed by atoms with E-state index in [9.17, 15) is 4.79 Å². The van der Waals surface area contributed by atoms with Gasteiger partial charge in [-0.1, -0.05) is 26.2 Å². The molecule has 2 aromatic rings. The van der Waals surface area contributed by atoms with E-state index in [4.69, 9.17) is 9.15 Å². The topological polar surface area (TPSA) is 51.5 Å². The number of carbonyl (C=O) groups excluding carboxylic acids is 1. The van der Waals surface area contributed by atoms with Crippen LogP contribution in [0.15, 0.2) is 22.8 Å².